The molecular weight excluding hydrogens is 388 g/mol. The van der Waals surface area contributed by atoms with Gasteiger partial charge >= 0.3 is 0 Å². The number of hydrogen-bond donors (Lipinski definition) is 1. The van der Waals surface area contributed by atoms with Crippen LogP contribution < -0.4 is 10.1 Å². The topological polar surface area (TPSA) is 75.7 Å². The van der Waals surface area contributed by atoms with E-state index in [-0.39, 0.29) is 30.1 Å². The molecule has 2 aromatic rings. The Hall–Kier alpha value is -3.06. The maximum absolute atomic E-state index is 12.6. The molecule has 0 atom stereocenters. The van der Waals surface area contributed by atoms with Crippen molar-refractivity contribution in [1.29, 1.82) is 0 Å². The van der Waals surface area contributed by atoms with Gasteiger partial charge in [-0.1, -0.05) is 29.8 Å². The van der Waals surface area contributed by atoms with E-state index in [9.17, 15) is 14.4 Å². The van der Waals surface area contributed by atoms with Gasteiger partial charge in [-0.2, -0.15) is 0 Å². The summed E-state index contributed by atoms with van der Waals surface area (Å²) in [5, 5.41) is 2.45. The van der Waals surface area contributed by atoms with Crippen LogP contribution in [0.3, 0.4) is 0 Å². The number of carbonyl (C=O) groups is 3. The number of methoxy groups -OCH3 is 1. The number of aryl methyl sites for hydroxylation is 2. The van der Waals surface area contributed by atoms with Crippen LogP contribution in [0.15, 0.2) is 47.4 Å². The fourth-order valence-electron chi connectivity index (χ4n) is 2.90. The molecule has 6 nitrogen and oxygen atoms in total. The van der Waals surface area contributed by atoms with E-state index in [0.717, 1.165) is 39.1 Å². The molecule has 3 amide bonds. The molecule has 1 heterocycles. The van der Waals surface area contributed by atoms with Gasteiger partial charge in [0, 0.05) is 18.7 Å². The largest absolute Gasteiger partial charge is 0.497 e. The van der Waals surface area contributed by atoms with Crippen LogP contribution in [-0.4, -0.2) is 42.2 Å². The van der Waals surface area contributed by atoms with E-state index >= 15 is 0 Å². The summed E-state index contributed by atoms with van der Waals surface area (Å²) in [6, 6.07) is 12.9. The first-order chi connectivity index (χ1) is 13.9. The summed E-state index contributed by atoms with van der Waals surface area (Å²) < 4.78 is 5.11. The second kappa shape index (κ2) is 8.96. The molecule has 2 aromatic carbocycles. The molecule has 1 fully saturated rings. The molecule has 7 heteroatoms. The van der Waals surface area contributed by atoms with Gasteiger partial charge < -0.3 is 10.1 Å². The predicted molar refractivity (Wildman–Crippen MR) is 114 cm³/mol. The third-order valence-corrected chi connectivity index (χ3v) is 5.45. The van der Waals surface area contributed by atoms with Crippen LogP contribution in [0, 0.1) is 13.8 Å². The normalized spacial score (nSPS) is 15.1. The van der Waals surface area contributed by atoms with Crippen molar-refractivity contribution in [2.75, 3.05) is 20.2 Å². The zero-order chi connectivity index (χ0) is 21.0. The van der Waals surface area contributed by atoms with Gasteiger partial charge in [-0.15, -0.1) is 0 Å². The van der Waals surface area contributed by atoms with Crippen LogP contribution in [-0.2, 0) is 4.79 Å². The number of ether oxygens (including phenoxy) is 1. The van der Waals surface area contributed by atoms with Crippen molar-refractivity contribution in [3.63, 3.8) is 0 Å². The summed E-state index contributed by atoms with van der Waals surface area (Å²) in [5.74, 6) is 0.151. The highest BCUT2D eigenvalue weighted by Gasteiger charge is 2.34. The van der Waals surface area contributed by atoms with Gasteiger partial charge in [-0.25, -0.2) is 0 Å². The molecular formula is C22H22N2O4S. The number of benzene rings is 2. The third kappa shape index (κ3) is 4.86. The fraction of sp³-hybridized carbons (Fsp3) is 0.227. The van der Waals surface area contributed by atoms with Crippen LogP contribution in [0.2, 0.25) is 0 Å². The Kier molecular flexibility index (Phi) is 6.39. The zero-order valence-corrected chi connectivity index (χ0v) is 17.3. The maximum atomic E-state index is 12.6. The zero-order valence-electron chi connectivity index (χ0n) is 16.5. The minimum absolute atomic E-state index is 0.126. The number of nitrogens with zero attached hydrogens (tertiary/aromatic N) is 1. The minimum atomic E-state index is -0.350. The Morgan fingerprint density at radius 1 is 1.14 bits per heavy atom. The fourth-order valence-corrected chi connectivity index (χ4v) is 3.77. The Labute approximate surface area is 173 Å². The quantitative estimate of drug-likeness (QED) is 0.734. The van der Waals surface area contributed by atoms with E-state index in [1.807, 2.05) is 44.2 Å². The number of hydrogen-bond acceptors (Lipinski definition) is 5. The van der Waals surface area contributed by atoms with Crippen molar-refractivity contribution in [3.05, 3.63) is 69.6 Å². The van der Waals surface area contributed by atoms with Crippen molar-refractivity contribution in [1.82, 2.24) is 10.2 Å². The number of thioether (sulfide) groups is 1. The van der Waals surface area contributed by atoms with Crippen molar-refractivity contribution >= 4 is 34.9 Å². The van der Waals surface area contributed by atoms with Gasteiger partial charge in [0.2, 0.25) is 0 Å². The molecule has 3 rings (SSSR count). The number of imide groups is 1. The number of carbonyl (C=O) groups excluding carboxylic acids is 3. The van der Waals surface area contributed by atoms with Gasteiger partial charge in [-0.05, 0) is 61.0 Å². The molecule has 0 aliphatic carbocycles. The minimum Gasteiger partial charge on any atom is -0.497 e. The second-order valence-electron chi connectivity index (χ2n) is 6.68. The molecule has 1 saturated heterocycles. The van der Waals surface area contributed by atoms with Gasteiger partial charge in [-0.3, -0.25) is 19.3 Å². The van der Waals surface area contributed by atoms with Crippen LogP contribution in [0.4, 0.5) is 4.79 Å². The van der Waals surface area contributed by atoms with E-state index in [0.29, 0.717) is 10.5 Å². The lowest BCUT2D eigenvalue weighted by Gasteiger charge is -2.13. The first kappa shape index (κ1) is 20.7. The third-order valence-electron chi connectivity index (χ3n) is 4.55. The van der Waals surface area contributed by atoms with Crippen LogP contribution in [0.1, 0.15) is 27.0 Å². The molecule has 150 valence electrons. The average Bonchev–Trinajstić information content (AvgIpc) is 2.97. The van der Waals surface area contributed by atoms with Gasteiger partial charge in [0.15, 0.2) is 0 Å². The summed E-state index contributed by atoms with van der Waals surface area (Å²) in [6.07, 6.45) is 1.68. The van der Waals surface area contributed by atoms with Crippen molar-refractivity contribution < 1.29 is 19.1 Å². The SMILES string of the molecule is COc1ccc(/C=C2\SC(=O)N(CCNC(=O)c3cc(C)ccc3C)C2=O)cc1. The molecule has 0 unspecified atom stereocenters. The van der Waals surface area contributed by atoms with E-state index in [1.54, 1.807) is 25.3 Å². The average molecular weight is 410 g/mol. The first-order valence-electron chi connectivity index (χ1n) is 9.14. The highest BCUT2D eigenvalue weighted by atomic mass is 32.2. The van der Waals surface area contributed by atoms with Crippen molar-refractivity contribution in [3.8, 4) is 5.75 Å². The van der Waals surface area contributed by atoms with Gasteiger partial charge in [0.1, 0.15) is 5.75 Å². The summed E-state index contributed by atoms with van der Waals surface area (Å²) in [7, 11) is 1.58. The van der Waals surface area contributed by atoms with Crippen molar-refractivity contribution in [2.24, 2.45) is 0 Å². The molecule has 1 N–H and O–H groups in total. The Morgan fingerprint density at radius 2 is 1.86 bits per heavy atom. The monoisotopic (exact) mass is 410 g/mol. The number of nitrogens with one attached hydrogen (secondary N) is 1. The molecule has 0 saturated carbocycles. The molecule has 1 aliphatic rings. The second-order valence-corrected chi connectivity index (χ2v) is 7.67. The van der Waals surface area contributed by atoms with Crippen LogP contribution >= 0.6 is 11.8 Å². The van der Waals surface area contributed by atoms with E-state index in [2.05, 4.69) is 5.32 Å². The van der Waals surface area contributed by atoms with E-state index in [4.69, 9.17) is 4.74 Å². The molecule has 0 bridgehead atoms. The summed E-state index contributed by atoms with van der Waals surface area (Å²) in [5.41, 5.74) is 3.27. The molecule has 0 spiro atoms. The maximum Gasteiger partial charge on any atom is 0.293 e. The molecule has 0 radical (unpaired) electrons. The summed E-state index contributed by atoms with van der Waals surface area (Å²) in [4.78, 5) is 38.7. The molecule has 29 heavy (non-hydrogen) atoms. The predicted octanol–water partition coefficient (Wildman–Crippen LogP) is 3.78. The highest BCUT2D eigenvalue weighted by molar-refractivity contribution is 8.18. The lowest BCUT2D eigenvalue weighted by molar-refractivity contribution is -0.122. The van der Waals surface area contributed by atoms with E-state index in [1.165, 1.54) is 0 Å². The summed E-state index contributed by atoms with van der Waals surface area (Å²) in [6.45, 7) is 4.11. The molecule has 1 aliphatic heterocycles. The van der Waals surface area contributed by atoms with Crippen LogP contribution in [0.25, 0.3) is 6.08 Å². The lowest BCUT2D eigenvalue weighted by Crippen LogP contribution is -2.37. The van der Waals surface area contributed by atoms with Gasteiger partial charge in [0.05, 0.1) is 12.0 Å². The Morgan fingerprint density at radius 3 is 2.55 bits per heavy atom. The standard InChI is InChI=1S/C22H22N2O4S/c1-14-4-5-15(2)18(12-14)20(25)23-10-11-24-21(26)19(29-22(24)27)13-16-6-8-17(28-3)9-7-16/h4-9,12-13H,10-11H2,1-3H3,(H,23,25)/b19-13-. The highest BCUT2D eigenvalue weighted by Crippen LogP contribution is 2.32. The number of amides is 3. The Bertz CT molecular complexity index is 983. The number of rotatable bonds is 6. The van der Waals surface area contributed by atoms with Crippen LogP contribution in [0.5, 0.6) is 5.75 Å². The Balaban J connectivity index is 1.60. The smallest absolute Gasteiger partial charge is 0.293 e. The molecule has 0 aromatic heterocycles. The van der Waals surface area contributed by atoms with Gasteiger partial charge in [0.25, 0.3) is 17.1 Å². The summed E-state index contributed by atoms with van der Waals surface area (Å²) >= 11 is 0.901. The first-order valence-corrected chi connectivity index (χ1v) is 9.95. The van der Waals surface area contributed by atoms with E-state index < -0.39 is 0 Å². The lowest BCUT2D eigenvalue weighted by atomic mass is 10.1. The van der Waals surface area contributed by atoms with Crippen molar-refractivity contribution in [2.45, 2.75) is 13.8 Å².